The molecule has 0 saturated heterocycles. The number of benzene rings is 1. The Hall–Kier alpha value is -1.25. The zero-order chi connectivity index (χ0) is 11.1. The molecule has 3 heteroatoms. The summed E-state index contributed by atoms with van der Waals surface area (Å²) in [5.41, 5.74) is 0.852. The largest absolute Gasteiger partial charge is 0.486 e. The van der Waals surface area contributed by atoms with Gasteiger partial charge in [0.2, 0.25) is 0 Å². The molecule has 0 radical (unpaired) electrons. The lowest BCUT2D eigenvalue weighted by Gasteiger charge is -2.36. The minimum Gasteiger partial charge on any atom is -0.486 e. The van der Waals surface area contributed by atoms with Crippen molar-refractivity contribution >= 4 is 5.69 Å². The number of fused-ring (bicyclic) bond motifs is 1. The summed E-state index contributed by atoms with van der Waals surface area (Å²) in [6.07, 6.45) is 0. The molecule has 0 amide bonds. The fourth-order valence-electron chi connectivity index (χ4n) is 1.63. The molecule has 1 aliphatic heterocycles. The Bertz CT molecular complexity index is 370. The van der Waals surface area contributed by atoms with Gasteiger partial charge in [-0.2, -0.15) is 0 Å². The Labute approximate surface area is 89.4 Å². The van der Waals surface area contributed by atoms with Crippen molar-refractivity contribution in [3.05, 3.63) is 24.0 Å². The van der Waals surface area contributed by atoms with Crippen molar-refractivity contribution in [3.63, 3.8) is 0 Å². The van der Waals surface area contributed by atoms with E-state index in [1.54, 1.807) is 6.07 Å². The van der Waals surface area contributed by atoms with Crippen molar-refractivity contribution in [3.8, 4) is 5.75 Å². The third-order valence-corrected chi connectivity index (χ3v) is 2.74. The summed E-state index contributed by atoms with van der Waals surface area (Å²) in [4.78, 5) is 0. The van der Waals surface area contributed by atoms with Gasteiger partial charge >= 0.3 is 0 Å². The highest BCUT2D eigenvalue weighted by molar-refractivity contribution is 5.59. The fourth-order valence-corrected chi connectivity index (χ4v) is 1.63. The minimum atomic E-state index is -0.299. The number of halogens is 1. The highest BCUT2D eigenvalue weighted by Gasteiger charge is 2.30. The lowest BCUT2D eigenvalue weighted by Crippen LogP contribution is -2.41. The standard InChI is InChI=1S/C12H16FNO/c1-12(2,3)10-7-15-11-8(13)5-4-6-9(11)14-10/h4-6,10,14H,7H2,1-3H3. The number of anilines is 1. The Balaban J connectivity index is 2.28. The van der Waals surface area contributed by atoms with Crippen molar-refractivity contribution in [2.75, 3.05) is 11.9 Å². The summed E-state index contributed by atoms with van der Waals surface area (Å²) in [5, 5.41) is 3.31. The first-order valence-electron chi connectivity index (χ1n) is 5.16. The third kappa shape index (κ3) is 1.91. The number of hydrogen-bond donors (Lipinski definition) is 1. The first kappa shape index (κ1) is 10.3. The number of rotatable bonds is 0. The molecular formula is C12H16FNO. The van der Waals surface area contributed by atoms with Crippen LogP contribution in [-0.4, -0.2) is 12.6 Å². The van der Waals surface area contributed by atoms with E-state index in [1.165, 1.54) is 6.07 Å². The van der Waals surface area contributed by atoms with Crippen LogP contribution >= 0.6 is 0 Å². The van der Waals surface area contributed by atoms with E-state index in [0.717, 1.165) is 5.69 Å². The zero-order valence-electron chi connectivity index (χ0n) is 9.30. The number of hydrogen-bond acceptors (Lipinski definition) is 2. The van der Waals surface area contributed by atoms with Crippen LogP contribution in [0, 0.1) is 11.2 Å². The van der Waals surface area contributed by atoms with Crippen LogP contribution in [0.25, 0.3) is 0 Å². The maximum absolute atomic E-state index is 13.3. The summed E-state index contributed by atoms with van der Waals surface area (Å²) < 4.78 is 18.8. The van der Waals surface area contributed by atoms with E-state index in [1.807, 2.05) is 6.07 Å². The first-order valence-corrected chi connectivity index (χ1v) is 5.16. The molecule has 0 aliphatic carbocycles. The van der Waals surface area contributed by atoms with Crippen LogP contribution in [-0.2, 0) is 0 Å². The van der Waals surface area contributed by atoms with Gasteiger partial charge in [0.1, 0.15) is 6.61 Å². The van der Waals surface area contributed by atoms with Crippen LogP contribution in [0.4, 0.5) is 10.1 Å². The van der Waals surface area contributed by atoms with Gasteiger partial charge in [0.15, 0.2) is 11.6 Å². The van der Waals surface area contributed by atoms with Gasteiger partial charge in [0.25, 0.3) is 0 Å². The van der Waals surface area contributed by atoms with E-state index in [9.17, 15) is 4.39 Å². The molecule has 1 aromatic rings. The normalized spacial score (nSPS) is 20.1. The van der Waals surface area contributed by atoms with Crippen LogP contribution in [0.5, 0.6) is 5.75 Å². The van der Waals surface area contributed by atoms with Gasteiger partial charge in [0, 0.05) is 0 Å². The molecule has 2 rings (SSSR count). The monoisotopic (exact) mass is 209 g/mol. The average Bonchev–Trinajstić information content (AvgIpc) is 2.16. The van der Waals surface area contributed by atoms with Crippen LogP contribution in [0.15, 0.2) is 18.2 Å². The smallest absolute Gasteiger partial charge is 0.178 e. The predicted molar refractivity (Wildman–Crippen MR) is 58.8 cm³/mol. The van der Waals surface area contributed by atoms with Crippen molar-refractivity contribution in [1.29, 1.82) is 0 Å². The lowest BCUT2D eigenvalue weighted by atomic mass is 9.86. The SMILES string of the molecule is CC(C)(C)C1COc2c(F)cccc2N1. The van der Waals surface area contributed by atoms with Gasteiger partial charge in [-0.15, -0.1) is 0 Å². The molecule has 1 aromatic carbocycles. The van der Waals surface area contributed by atoms with Gasteiger partial charge in [-0.3, -0.25) is 0 Å². The molecule has 15 heavy (non-hydrogen) atoms. The second-order valence-corrected chi connectivity index (χ2v) is 4.99. The lowest BCUT2D eigenvalue weighted by molar-refractivity contribution is 0.200. The van der Waals surface area contributed by atoms with Crippen LogP contribution in [0.1, 0.15) is 20.8 Å². The van der Waals surface area contributed by atoms with E-state index in [0.29, 0.717) is 12.4 Å². The van der Waals surface area contributed by atoms with Crippen molar-refractivity contribution in [2.24, 2.45) is 5.41 Å². The van der Waals surface area contributed by atoms with E-state index >= 15 is 0 Å². The predicted octanol–water partition coefficient (Wildman–Crippen LogP) is 3.04. The molecular weight excluding hydrogens is 193 g/mol. The van der Waals surface area contributed by atoms with Crippen molar-refractivity contribution in [2.45, 2.75) is 26.8 Å². The van der Waals surface area contributed by atoms with E-state index in [-0.39, 0.29) is 17.3 Å². The van der Waals surface area contributed by atoms with Crippen LogP contribution in [0.2, 0.25) is 0 Å². The quantitative estimate of drug-likeness (QED) is 0.709. The van der Waals surface area contributed by atoms with Crippen molar-refractivity contribution in [1.82, 2.24) is 0 Å². The molecule has 0 aromatic heterocycles. The highest BCUT2D eigenvalue weighted by atomic mass is 19.1. The fraction of sp³-hybridized carbons (Fsp3) is 0.500. The molecule has 0 spiro atoms. The molecule has 2 nitrogen and oxygen atoms in total. The van der Waals surface area contributed by atoms with E-state index in [2.05, 4.69) is 26.1 Å². The Morgan fingerprint density at radius 1 is 1.40 bits per heavy atom. The molecule has 1 aliphatic rings. The number of para-hydroxylation sites is 1. The van der Waals surface area contributed by atoms with Gasteiger partial charge < -0.3 is 10.1 Å². The second kappa shape index (κ2) is 3.40. The zero-order valence-corrected chi connectivity index (χ0v) is 9.30. The summed E-state index contributed by atoms with van der Waals surface area (Å²) >= 11 is 0. The molecule has 82 valence electrons. The maximum Gasteiger partial charge on any atom is 0.178 e. The van der Waals surface area contributed by atoms with E-state index in [4.69, 9.17) is 4.74 Å². The molecule has 1 N–H and O–H groups in total. The number of nitrogens with one attached hydrogen (secondary N) is 1. The molecule has 0 fully saturated rings. The third-order valence-electron chi connectivity index (χ3n) is 2.74. The number of ether oxygens (including phenoxy) is 1. The van der Waals surface area contributed by atoms with Crippen LogP contribution in [0.3, 0.4) is 0 Å². The van der Waals surface area contributed by atoms with Gasteiger partial charge in [-0.05, 0) is 17.5 Å². The Kier molecular flexibility index (Phi) is 2.33. The van der Waals surface area contributed by atoms with E-state index < -0.39 is 0 Å². The summed E-state index contributed by atoms with van der Waals surface area (Å²) in [6.45, 7) is 6.92. The summed E-state index contributed by atoms with van der Waals surface area (Å²) in [6, 6.07) is 5.16. The molecule has 1 heterocycles. The topological polar surface area (TPSA) is 21.3 Å². The first-order chi connectivity index (χ1) is 6.98. The molecule has 1 unspecified atom stereocenters. The Morgan fingerprint density at radius 2 is 2.13 bits per heavy atom. The molecule has 0 saturated carbocycles. The summed E-state index contributed by atoms with van der Waals surface area (Å²) in [5.74, 6) is 0.0466. The van der Waals surface area contributed by atoms with Crippen LogP contribution < -0.4 is 10.1 Å². The Morgan fingerprint density at radius 3 is 2.80 bits per heavy atom. The van der Waals surface area contributed by atoms with Gasteiger partial charge in [-0.25, -0.2) is 4.39 Å². The summed E-state index contributed by atoms with van der Waals surface area (Å²) in [7, 11) is 0. The molecule has 0 bridgehead atoms. The average molecular weight is 209 g/mol. The minimum absolute atomic E-state index is 0.101. The van der Waals surface area contributed by atoms with Gasteiger partial charge in [0.05, 0.1) is 11.7 Å². The van der Waals surface area contributed by atoms with Crippen molar-refractivity contribution < 1.29 is 9.13 Å². The second-order valence-electron chi connectivity index (χ2n) is 4.99. The molecule has 1 atom stereocenters. The highest BCUT2D eigenvalue weighted by Crippen LogP contribution is 2.35. The van der Waals surface area contributed by atoms with Gasteiger partial charge in [-0.1, -0.05) is 26.8 Å². The maximum atomic E-state index is 13.3.